The molecular weight excluding hydrogens is 248 g/mol. The highest BCUT2D eigenvalue weighted by atomic mass is 16.2. The molecule has 0 saturated heterocycles. The Balaban J connectivity index is 1.73. The SMILES string of the molecule is CCc1cccc(NC(=O)C23CCC(N)(CC2)CC3)c1. The molecule has 3 N–H and O–H groups in total. The molecule has 4 rings (SSSR count). The Morgan fingerprint density at radius 2 is 1.85 bits per heavy atom. The molecule has 0 unspecified atom stereocenters. The lowest BCUT2D eigenvalue weighted by molar-refractivity contribution is -0.131. The van der Waals surface area contributed by atoms with E-state index >= 15 is 0 Å². The molecule has 0 aromatic heterocycles. The van der Waals surface area contributed by atoms with Crippen molar-refractivity contribution in [3.63, 3.8) is 0 Å². The van der Waals surface area contributed by atoms with E-state index in [4.69, 9.17) is 5.73 Å². The van der Waals surface area contributed by atoms with E-state index < -0.39 is 0 Å². The maximum absolute atomic E-state index is 12.7. The molecule has 0 atom stereocenters. The monoisotopic (exact) mass is 272 g/mol. The molecule has 3 fully saturated rings. The van der Waals surface area contributed by atoms with Crippen molar-refractivity contribution >= 4 is 11.6 Å². The van der Waals surface area contributed by atoms with Crippen molar-refractivity contribution < 1.29 is 4.79 Å². The minimum atomic E-state index is -0.163. The van der Waals surface area contributed by atoms with Gasteiger partial charge in [0.05, 0.1) is 0 Å². The molecule has 0 heterocycles. The first-order valence-electron chi connectivity index (χ1n) is 7.75. The number of hydrogen-bond donors (Lipinski definition) is 2. The number of amides is 1. The summed E-state index contributed by atoms with van der Waals surface area (Å²) in [5, 5.41) is 3.14. The summed E-state index contributed by atoms with van der Waals surface area (Å²) in [4.78, 5) is 12.7. The Labute approximate surface area is 120 Å². The zero-order valence-corrected chi connectivity index (χ0v) is 12.2. The zero-order valence-electron chi connectivity index (χ0n) is 12.2. The highest BCUT2D eigenvalue weighted by molar-refractivity contribution is 5.95. The summed E-state index contributed by atoms with van der Waals surface area (Å²) >= 11 is 0. The minimum Gasteiger partial charge on any atom is -0.326 e. The van der Waals surface area contributed by atoms with Crippen molar-refractivity contribution in [1.29, 1.82) is 0 Å². The molecule has 3 saturated carbocycles. The van der Waals surface area contributed by atoms with Crippen LogP contribution < -0.4 is 11.1 Å². The van der Waals surface area contributed by atoms with Crippen molar-refractivity contribution in [1.82, 2.24) is 0 Å². The fourth-order valence-electron chi connectivity index (χ4n) is 3.69. The van der Waals surface area contributed by atoms with Gasteiger partial charge < -0.3 is 11.1 Å². The maximum Gasteiger partial charge on any atom is 0.230 e. The highest BCUT2D eigenvalue weighted by Crippen LogP contribution is 2.51. The van der Waals surface area contributed by atoms with E-state index in [1.54, 1.807) is 0 Å². The van der Waals surface area contributed by atoms with E-state index in [0.717, 1.165) is 50.6 Å². The second kappa shape index (κ2) is 4.88. The van der Waals surface area contributed by atoms with Crippen molar-refractivity contribution in [2.45, 2.75) is 57.4 Å². The number of hydrogen-bond acceptors (Lipinski definition) is 2. The number of carbonyl (C=O) groups excluding carboxylic acids is 1. The molecule has 1 aromatic carbocycles. The summed E-state index contributed by atoms with van der Waals surface area (Å²) in [6, 6.07) is 8.16. The normalized spacial score (nSPS) is 32.1. The average molecular weight is 272 g/mol. The molecule has 3 heteroatoms. The molecule has 1 aromatic rings. The van der Waals surface area contributed by atoms with Crippen LogP contribution in [0.5, 0.6) is 0 Å². The van der Waals surface area contributed by atoms with E-state index in [2.05, 4.69) is 24.4 Å². The highest BCUT2D eigenvalue weighted by Gasteiger charge is 2.50. The number of aryl methyl sites for hydroxylation is 1. The van der Waals surface area contributed by atoms with Gasteiger partial charge in [0, 0.05) is 16.6 Å². The lowest BCUT2D eigenvalue weighted by Crippen LogP contribution is -2.55. The van der Waals surface area contributed by atoms with Gasteiger partial charge in [-0.25, -0.2) is 0 Å². The first kappa shape index (κ1) is 13.6. The van der Waals surface area contributed by atoms with Crippen molar-refractivity contribution in [2.24, 2.45) is 11.1 Å². The Hall–Kier alpha value is -1.35. The number of carbonyl (C=O) groups is 1. The van der Waals surface area contributed by atoms with E-state index in [-0.39, 0.29) is 16.9 Å². The molecule has 0 spiro atoms. The first-order valence-corrected chi connectivity index (χ1v) is 7.75. The number of anilines is 1. The summed E-state index contributed by atoms with van der Waals surface area (Å²) in [5.74, 6) is 0.201. The quantitative estimate of drug-likeness (QED) is 0.887. The fourth-order valence-corrected chi connectivity index (χ4v) is 3.69. The van der Waals surface area contributed by atoms with Gasteiger partial charge in [0.2, 0.25) is 5.91 Å². The predicted molar refractivity (Wildman–Crippen MR) is 81.5 cm³/mol. The summed E-state index contributed by atoms with van der Waals surface area (Å²) in [6.07, 6.45) is 6.82. The van der Waals surface area contributed by atoms with Crippen LogP contribution in [0.3, 0.4) is 0 Å². The third kappa shape index (κ3) is 2.35. The second-order valence-electron chi connectivity index (χ2n) is 6.65. The molecular formula is C17H24N2O. The number of nitrogens with one attached hydrogen (secondary N) is 1. The van der Waals surface area contributed by atoms with Crippen LogP contribution in [0.4, 0.5) is 5.69 Å². The Morgan fingerprint density at radius 3 is 2.45 bits per heavy atom. The van der Waals surface area contributed by atoms with Crippen LogP contribution in [0.1, 0.15) is 51.0 Å². The van der Waals surface area contributed by atoms with Gasteiger partial charge in [-0.05, 0) is 62.6 Å². The van der Waals surface area contributed by atoms with E-state index in [1.165, 1.54) is 5.56 Å². The summed E-state index contributed by atoms with van der Waals surface area (Å²) < 4.78 is 0. The zero-order chi connectivity index (χ0) is 14.2. The van der Waals surface area contributed by atoms with Crippen LogP contribution in [-0.2, 0) is 11.2 Å². The maximum atomic E-state index is 12.7. The minimum absolute atomic E-state index is 0.0180. The van der Waals surface area contributed by atoms with Crippen LogP contribution in [0.15, 0.2) is 24.3 Å². The van der Waals surface area contributed by atoms with Gasteiger partial charge in [-0.3, -0.25) is 4.79 Å². The van der Waals surface area contributed by atoms with E-state index in [0.29, 0.717) is 0 Å². The molecule has 2 bridgehead atoms. The van der Waals surface area contributed by atoms with Gasteiger partial charge in [-0.2, -0.15) is 0 Å². The molecule has 1 amide bonds. The van der Waals surface area contributed by atoms with Crippen LogP contribution >= 0.6 is 0 Å². The van der Waals surface area contributed by atoms with Gasteiger partial charge >= 0.3 is 0 Å². The predicted octanol–water partition coefficient (Wildman–Crippen LogP) is 3.24. The Kier molecular flexibility index (Phi) is 3.33. The first-order chi connectivity index (χ1) is 9.55. The van der Waals surface area contributed by atoms with Gasteiger partial charge in [0.1, 0.15) is 0 Å². The largest absolute Gasteiger partial charge is 0.326 e. The van der Waals surface area contributed by atoms with Crippen LogP contribution in [0.25, 0.3) is 0 Å². The number of fused-ring (bicyclic) bond motifs is 3. The van der Waals surface area contributed by atoms with Gasteiger partial charge in [-0.1, -0.05) is 19.1 Å². The lowest BCUT2D eigenvalue weighted by Gasteiger charge is -2.50. The van der Waals surface area contributed by atoms with Crippen molar-refractivity contribution in [3.8, 4) is 0 Å². The molecule has 3 aliphatic rings. The molecule has 3 aliphatic carbocycles. The topological polar surface area (TPSA) is 55.1 Å². The van der Waals surface area contributed by atoms with Crippen LogP contribution in [0.2, 0.25) is 0 Å². The van der Waals surface area contributed by atoms with Gasteiger partial charge in [0.25, 0.3) is 0 Å². The summed E-state index contributed by atoms with van der Waals surface area (Å²) in [7, 11) is 0. The van der Waals surface area contributed by atoms with E-state index in [9.17, 15) is 4.79 Å². The Bertz CT molecular complexity index is 499. The third-order valence-electron chi connectivity index (χ3n) is 5.38. The molecule has 3 nitrogen and oxygen atoms in total. The number of nitrogens with two attached hydrogens (primary N) is 1. The summed E-state index contributed by atoms with van der Waals surface area (Å²) in [6.45, 7) is 2.13. The molecule has 0 radical (unpaired) electrons. The smallest absolute Gasteiger partial charge is 0.230 e. The van der Waals surface area contributed by atoms with Gasteiger partial charge in [-0.15, -0.1) is 0 Å². The second-order valence-corrected chi connectivity index (χ2v) is 6.65. The van der Waals surface area contributed by atoms with Crippen LogP contribution in [0, 0.1) is 5.41 Å². The van der Waals surface area contributed by atoms with Crippen molar-refractivity contribution in [2.75, 3.05) is 5.32 Å². The van der Waals surface area contributed by atoms with Crippen molar-refractivity contribution in [3.05, 3.63) is 29.8 Å². The lowest BCUT2D eigenvalue weighted by atomic mass is 9.57. The van der Waals surface area contributed by atoms with Crippen LogP contribution in [-0.4, -0.2) is 11.4 Å². The summed E-state index contributed by atoms with van der Waals surface area (Å²) in [5.41, 5.74) is 8.36. The standard InChI is InChI=1S/C17H24N2O/c1-2-13-4-3-5-14(12-13)19-15(20)16-6-9-17(18,10-7-16)11-8-16/h3-5,12H,2,6-11,18H2,1H3,(H,19,20). The molecule has 108 valence electrons. The van der Waals surface area contributed by atoms with Gasteiger partial charge in [0.15, 0.2) is 0 Å². The number of rotatable bonds is 3. The number of benzene rings is 1. The third-order valence-corrected chi connectivity index (χ3v) is 5.38. The molecule has 20 heavy (non-hydrogen) atoms. The van der Waals surface area contributed by atoms with E-state index in [1.807, 2.05) is 12.1 Å². The molecule has 0 aliphatic heterocycles. The fraction of sp³-hybridized carbons (Fsp3) is 0.588. The Morgan fingerprint density at radius 1 is 1.20 bits per heavy atom. The average Bonchev–Trinajstić information content (AvgIpc) is 2.48.